The van der Waals surface area contributed by atoms with Crippen LogP contribution in [-0.2, 0) is 36.8 Å². The van der Waals surface area contributed by atoms with Crippen LogP contribution in [0.4, 0.5) is 4.79 Å². The molecule has 2 aromatic rings. The summed E-state index contributed by atoms with van der Waals surface area (Å²) in [5.74, 6) is -1.24. The first-order valence-electron chi connectivity index (χ1n) is 13.4. The van der Waals surface area contributed by atoms with Crippen molar-refractivity contribution in [1.82, 2.24) is 5.32 Å². The third-order valence-corrected chi connectivity index (χ3v) is 6.02. The highest BCUT2D eigenvalue weighted by Crippen LogP contribution is 2.21. The Morgan fingerprint density at radius 2 is 1.67 bits per heavy atom. The summed E-state index contributed by atoms with van der Waals surface area (Å²) in [7, 11) is 0. The van der Waals surface area contributed by atoms with Crippen molar-refractivity contribution < 1.29 is 28.6 Å². The fourth-order valence-corrected chi connectivity index (χ4v) is 3.86. The van der Waals surface area contributed by atoms with Crippen molar-refractivity contribution in [1.29, 1.82) is 5.26 Å². The van der Waals surface area contributed by atoms with Crippen LogP contribution in [0.15, 0.2) is 54.6 Å². The fraction of sp³-hybridized carbons (Fsp3) is 0.484. The Bertz CT molecular complexity index is 1100. The Morgan fingerprint density at radius 3 is 2.26 bits per heavy atom. The van der Waals surface area contributed by atoms with Crippen molar-refractivity contribution >= 4 is 18.0 Å². The molecule has 0 heterocycles. The number of esters is 2. The van der Waals surface area contributed by atoms with Crippen LogP contribution < -0.4 is 5.32 Å². The van der Waals surface area contributed by atoms with Crippen molar-refractivity contribution in [3.05, 3.63) is 71.3 Å². The molecule has 0 saturated carbocycles. The summed E-state index contributed by atoms with van der Waals surface area (Å²) in [4.78, 5) is 38.7. The summed E-state index contributed by atoms with van der Waals surface area (Å²) in [5, 5.41) is 11.7. The van der Waals surface area contributed by atoms with E-state index in [0.29, 0.717) is 5.56 Å². The molecule has 0 bridgehead atoms. The van der Waals surface area contributed by atoms with Crippen molar-refractivity contribution in [3.63, 3.8) is 0 Å². The van der Waals surface area contributed by atoms with E-state index in [0.717, 1.165) is 30.4 Å². The molecule has 0 spiro atoms. The van der Waals surface area contributed by atoms with Gasteiger partial charge in [0.25, 0.3) is 0 Å². The number of ether oxygens (including phenoxy) is 3. The van der Waals surface area contributed by atoms with Gasteiger partial charge in [0.15, 0.2) is 0 Å². The molecule has 0 aliphatic rings. The second-order valence-electron chi connectivity index (χ2n) is 10.7. The van der Waals surface area contributed by atoms with E-state index >= 15 is 0 Å². The van der Waals surface area contributed by atoms with E-state index < -0.39 is 35.8 Å². The molecule has 0 unspecified atom stereocenters. The number of amides is 1. The lowest BCUT2D eigenvalue weighted by Gasteiger charge is -2.27. The molecule has 1 N–H and O–H groups in total. The first kappa shape index (κ1) is 31.4. The molecule has 8 heteroatoms. The zero-order chi connectivity index (χ0) is 28.8. The standard InChI is InChI=1S/C31H40N2O6/c1-6-7-11-22(2)27(19-28(34)37-21-25-12-9-8-10-13-25)38-29(35)26(33-30(36)39-31(3,4)5)18-23-14-16-24(20-32)17-15-23/h8-10,12-17,22,26-27H,6-7,11,18-19,21H2,1-5H3,(H,33,36)/t22-,26-,27-/m0/s1. The molecule has 2 rings (SSSR count). The summed E-state index contributed by atoms with van der Waals surface area (Å²) in [6.07, 6.45) is 1.19. The van der Waals surface area contributed by atoms with Crippen LogP contribution in [0.1, 0.15) is 77.0 Å². The molecule has 2 aromatic carbocycles. The second-order valence-corrected chi connectivity index (χ2v) is 10.7. The molecule has 39 heavy (non-hydrogen) atoms. The lowest BCUT2D eigenvalue weighted by Crippen LogP contribution is -2.47. The van der Waals surface area contributed by atoms with Gasteiger partial charge in [0.05, 0.1) is 18.1 Å². The van der Waals surface area contributed by atoms with E-state index in [1.54, 1.807) is 45.0 Å². The van der Waals surface area contributed by atoms with Gasteiger partial charge in [-0.25, -0.2) is 9.59 Å². The smallest absolute Gasteiger partial charge is 0.408 e. The molecule has 0 aliphatic carbocycles. The predicted octanol–water partition coefficient (Wildman–Crippen LogP) is 5.87. The van der Waals surface area contributed by atoms with Crippen LogP contribution in [0.25, 0.3) is 0 Å². The topological polar surface area (TPSA) is 115 Å². The summed E-state index contributed by atoms with van der Waals surface area (Å²) in [6, 6.07) is 17.1. The minimum atomic E-state index is -1.06. The second kappa shape index (κ2) is 15.5. The van der Waals surface area contributed by atoms with E-state index in [4.69, 9.17) is 19.5 Å². The maximum atomic E-state index is 13.4. The Morgan fingerprint density at radius 1 is 1.00 bits per heavy atom. The van der Waals surface area contributed by atoms with Gasteiger partial charge in [-0.05, 0) is 56.4 Å². The average molecular weight is 537 g/mol. The number of alkyl carbamates (subject to hydrolysis) is 1. The van der Waals surface area contributed by atoms with Gasteiger partial charge < -0.3 is 19.5 Å². The van der Waals surface area contributed by atoms with Gasteiger partial charge in [-0.3, -0.25) is 4.79 Å². The monoisotopic (exact) mass is 536 g/mol. The molecule has 3 atom stereocenters. The average Bonchev–Trinajstić information content (AvgIpc) is 2.89. The van der Waals surface area contributed by atoms with Gasteiger partial charge in [0.1, 0.15) is 24.4 Å². The van der Waals surface area contributed by atoms with E-state index in [2.05, 4.69) is 18.3 Å². The molecule has 0 aliphatic heterocycles. The first-order valence-corrected chi connectivity index (χ1v) is 13.4. The van der Waals surface area contributed by atoms with E-state index in [-0.39, 0.29) is 25.4 Å². The van der Waals surface area contributed by atoms with Crippen LogP contribution in [0, 0.1) is 17.2 Å². The predicted molar refractivity (Wildman–Crippen MR) is 147 cm³/mol. The number of carbonyl (C=O) groups is 3. The van der Waals surface area contributed by atoms with E-state index in [9.17, 15) is 14.4 Å². The summed E-state index contributed by atoms with van der Waals surface area (Å²) in [5.41, 5.74) is 1.32. The van der Waals surface area contributed by atoms with Crippen LogP contribution >= 0.6 is 0 Å². The molecule has 8 nitrogen and oxygen atoms in total. The Hall–Kier alpha value is -3.86. The van der Waals surface area contributed by atoms with E-state index in [1.165, 1.54) is 0 Å². The SMILES string of the molecule is CCCC[C@H](C)[C@H](CC(=O)OCc1ccccc1)OC(=O)[C@H](Cc1ccc(C#N)cc1)NC(=O)OC(C)(C)C. The Kier molecular flexibility index (Phi) is 12.5. The molecular weight excluding hydrogens is 496 g/mol. The van der Waals surface area contributed by atoms with Crippen LogP contribution in [0.3, 0.4) is 0 Å². The fourth-order valence-electron chi connectivity index (χ4n) is 3.86. The largest absolute Gasteiger partial charge is 0.461 e. The molecule has 0 fully saturated rings. The number of carbonyl (C=O) groups excluding carboxylic acids is 3. The quantitative estimate of drug-likeness (QED) is 0.252. The van der Waals surface area contributed by atoms with Gasteiger partial charge in [-0.2, -0.15) is 5.26 Å². The highest BCUT2D eigenvalue weighted by molar-refractivity contribution is 5.82. The number of rotatable bonds is 13. The lowest BCUT2D eigenvalue weighted by atomic mass is 9.95. The number of hydrogen-bond acceptors (Lipinski definition) is 7. The minimum absolute atomic E-state index is 0.0977. The zero-order valence-electron chi connectivity index (χ0n) is 23.6. The van der Waals surface area contributed by atoms with Gasteiger partial charge in [-0.15, -0.1) is 0 Å². The van der Waals surface area contributed by atoms with Crippen LogP contribution in [-0.4, -0.2) is 35.8 Å². The Labute approximate surface area is 231 Å². The summed E-state index contributed by atoms with van der Waals surface area (Å²) >= 11 is 0. The van der Waals surface area contributed by atoms with Crippen molar-refractivity contribution in [2.45, 2.75) is 91.1 Å². The van der Waals surface area contributed by atoms with Crippen molar-refractivity contribution in [2.75, 3.05) is 0 Å². The van der Waals surface area contributed by atoms with Gasteiger partial charge in [0.2, 0.25) is 0 Å². The zero-order valence-corrected chi connectivity index (χ0v) is 23.6. The lowest BCUT2D eigenvalue weighted by molar-refractivity contribution is -0.160. The third-order valence-electron chi connectivity index (χ3n) is 6.02. The molecule has 1 amide bonds. The van der Waals surface area contributed by atoms with Gasteiger partial charge in [-0.1, -0.05) is 69.2 Å². The highest BCUT2D eigenvalue weighted by Gasteiger charge is 2.31. The van der Waals surface area contributed by atoms with Gasteiger partial charge >= 0.3 is 18.0 Å². The summed E-state index contributed by atoms with van der Waals surface area (Å²) < 4.78 is 16.7. The molecular formula is C31H40N2O6. The number of nitrogens with one attached hydrogen (secondary N) is 1. The maximum absolute atomic E-state index is 13.4. The van der Waals surface area contributed by atoms with Crippen LogP contribution in [0.5, 0.6) is 0 Å². The molecule has 0 saturated heterocycles. The number of nitrogens with zero attached hydrogens (tertiary/aromatic N) is 1. The Balaban J connectivity index is 2.17. The summed E-state index contributed by atoms with van der Waals surface area (Å²) in [6.45, 7) is 9.33. The van der Waals surface area contributed by atoms with Gasteiger partial charge in [0, 0.05) is 6.42 Å². The number of hydrogen-bond donors (Lipinski definition) is 1. The molecule has 0 radical (unpaired) electrons. The minimum Gasteiger partial charge on any atom is -0.461 e. The number of unbranched alkanes of at least 4 members (excludes halogenated alkanes) is 1. The highest BCUT2D eigenvalue weighted by atomic mass is 16.6. The normalized spacial score (nSPS) is 13.3. The number of benzene rings is 2. The number of nitriles is 1. The van der Waals surface area contributed by atoms with Crippen LogP contribution in [0.2, 0.25) is 0 Å². The van der Waals surface area contributed by atoms with Crippen molar-refractivity contribution in [3.8, 4) is 6.07 Å². The third kappa shape index (κ3) is 12.0. The maximum Gasteiger partial charge on any atom is 0.408 e. The molecule has 210 valence electrons. The van der Waals surface area contributed by atoms with E-state index in [1.807, 2.05) is 37.3 Å². The van der Waals surface area contributed by atoms with Crippen molar-refractivity contribution in [2.24, 2.45) is 5.92 Å². The molecule has 0 aromatic heterocycles. The first-order chi connectivity index (χ1) is 18.5.